The van der Waals surface area contributed by atoms with Crippen molar-refractivity contribution in [2.45, 2.75) is 24.8 Å². The summed E-state index contributed by atoms with van der Waals surface area (Å²) in [6.07, 6.45) is 2.00. The SMILES string of the molecule is NC1(C(=O)NCCc2ccc(Br)cc2)CCOCC1. The zero-order valence-electron chi connectivity index (χ0n) is 10.8. The van der Waals surface area contributed by atoms with Crippen LogP contribution in [0.5, 0.6) is 0 Å². The number of nitrogens with two attached hydrogens (primary N) is 1. The van der Waals surface area contributed by atoms with Gasteiger partial charge in [-0.05, 0) is 37.0 Å². The van der Waals surface area contributed by atoms with Gasteiger partial charge in [-0.1, -0.05) is 28.1 Å². The Labute approximate surface area is 121 Å². The topological polar surface area (TPSA) is 64.4 Å². The fraction of sp³-hybridized carbons (Fsp3) is 0.500. The third kappa shape index (κ3) is 4.03. The summed E-state index contributed by atoms with van der Waals surface area (Å²) >= 11 is 3.40. The first-order chi connectivity index (χ1) is 9.10. The molecule has 1 amide bonds. The van der Waals surface area contributed by atoms with Crippen molar-refractivity contribution in [3.63, 3.8) is 0 Å². The monoisotopic (exact) mass is 326 g/mol. The van der Waals surface area contributed by atoms with Gasteiger partial charge in [-0.25, -0.2) is 0 Å². The van der Waals surface area contributed by atoms with E-state index in [2.05, 4.69) is 21.2 Å². The molecule has 1 aliphatic heterocycles. The van der Waals surface area contributed by atoms with Crippen molar-refractivity contribution >= 4 is 21.8 Å². The molecule has 1 aliphatic rings. The van der Waals surface area contributed by atoms with Gasteiger partial charge >= 0.3 is 0 Å². The third-order valence-corrected chi connectivity index (χ3v) is 3.98. The number of carbonyl (C=O) groups excluding carboxylic acids is 1. The lowest BCUT2D eigenvalue weighted by Gasteiger charge is -2.31. The van der Waals surface area contributed by atoms with Crippen LogP contribution in [0.15, 0.2) is 28.7 Å². The van der Waals surface area contributed by atoms with Crippen molar-refractivity contribution in [1.82, 2.24) is 5.32 Å². The molecule has 1 aromatic carbocycles. The minimum absolute atomic E-state index is 0.0621. The zero-order valence-corrected chi connectivity index (χ0v) is 12.4. The van der Waals surface area contributed by atoms with E-state index in [1.54, 1.807) is 0 Å². The summed E-state index contributed by atoms with van der Waals surface area (Å²) in [6, 6.07) is 8.09. The number of carbonyl (C=O) groups is 1. The Morgan fingerprint density at radius 1 is 1.32 bits per heavy atom. The fourth-order valence-electron chi connectivity index (χ4n) is 2.11. The van der Waals surface area contributed by atoms with Crippen molar-refractivity contribution < 1.29 is 9.53 Å². The Morgan fingerprint density at radius 2 is 1.95 bits per heavy atom. The second-order valence-electron chi connectivity index (χ2n) is 4.90. The number of ether oxygens (including phenoxy) is 1. The number of amides is 1. The van der Waals surface area contributed by atoms with E-state index in [-0.39, 0.29) is 5.91 Å². The summed E-state index contributed by atoms with van der Waals surface area (Å²) in [4.78, 5) is 12.1. The van der Waals surface area contributed by atoms with E-state index in [0.717, 1.165) is 10.9 Å². The molecular weight excluding hydrogens is 308 g/mol. The average Bonchev–Trinajstić information content (AvgIpc) is 2.42. The molecule has 2 rings (SSSR count). The molecule has 0 unspecified atom stereocenters. The summed E-state index contributed by atoms with van der Waals surface area (Å²) in [6.45, 7) is 1.74. The van der Waals surface area contributed by atoms with Gasteiger partial charge in [0.25, 0.3) is 0 Å². The predicted molar refractivity (Wildman–Crippen MR) is 77.8 cm³/mol. The van der Waals surface area contributed by atoms with Gasteiger partial charge in [0, 0.05) is 24.2 Å². The fourth-order valence-corrected chi connectivity index (χ4v) is 2.37. The maximum Gasteiger partial charge on any atom is 0.240 e. The number of hydrogen-bond acceptors (Lipinski definition) is 3. The molecule has 0 saturated carbocycles. The lowest BCUT2D eigenvalue weighted by atomic mass is 9.90. The number of halogens is 1. The van der Waals surface area contributed by atoms with Gasteiger partial charge in [0.1, 0.15) is 0 Å². The van der Waals surface area contributed by atoms with Crippen LogP contribution in [0.1, 0.15) is 18.4 Å². The van der Waals surface area contributed by atoms with Crippen LogP contribution in [0, 0.1) is 0 Å². The van der Waals surface area contributed by atoms with E-state index >= 15 is 0 Å². The molecule has 4 nitrogen and oxygen atoms in total. The number of benzene rings is 1. The molecule has 0 atom stereocenters. The van der Waals surface area contributed by atoms with E-state index < -0.39 is 5.54 Å². The van der Waals surface area contributed by atoms with Crippen LogP contribution < -0.4 is 11.1 Å². The van der Waals surface area contributed by atoms with E-state index in [1.807, 2.05) is 24.3 Å². The Kier molecular flexibility index (Phi) is 4.96. The largest absolute Gasteiger partial charge is 0.381 e. The highest BCUT2D eigenvalue weighted by Crippen LogP contribution is 2.17. The Bertz CT molecular complexity index is 428. The van der Waals surface area contributed by atoms with E-state index in [9.17, 15) is 4.79 Å². The molecule has 1 saturated heterocycles. The van der Waals surface area contributed by atoms with Gasteiger partial charge in [-0.3, -0.25) is 4.79 Å². The maximum atomic E-state index is 12.1. The standard InChI is InChI=1S/C14H19BrN2O2/c15-12-3-1-11(2-4-12)5-8-17-13(18)14(16)6-9-19-10-7-14/h1-4H,5-10,16H2,(H,17,18). The molecule has 5 heteroatoms. The molecule has 0 aliphatic carbocycles. The number of rotatable bonds is 4. The molecule has 0 bridgehead atoms. The van der Waals surface area contributed by atoms with Gasteiger partial charge in [-0.2, -0.15) is 0 Å². The van der Waals surface area contributed by atoms with Gasteiger partial charge < -0.3 is 15.8 Å². The van der Waals surface area contributed by atoms with Crippen LogP contribution in [-0.4, -0.2) is 31.2 Å². The smallest absolute Gasteiger partial charge is 0.240 e. The molecule has 0 aromatic heterocycles. The van der Waals surface area contributed by atoms with Crippen LogP contribution in [0.25, 0.3) is 0 Å². The van der Waals surface area contributed by atoms with Crippen LogP contribution in [0.2, 0.25) is 0 Å². The van der Waals surface area contributed by atoms with Crippen molar-refractivity contribution in [3.8, 4) is 0 Å². The Hall–Kier alpha value is -0.910. The van der Waals surface area contributed by atoms with Crippen molar-refractivity contribution in [2.24, 2.45) is 5.73 Å². The highest BCUT2D eigenvalue weighted by atomic mass is 79.9. The quantitative estimate of drug-likeness (QED) is 0.883. The average molecular weight is 327 g/mol. The first-order valence-corrected chi connectivity index (χ1v) is 7.29. The molecular formula is C14H19BrN2O2. The van der Waals surface area contributed by atoms with Crippen molar-refractivity contribution in [3.05, 3.63) is 34.3 Å². The lowest BCUT2D eigenvalue weighted by molar-refractivity contribution is -0.129. The molecule has 1 aromatic rings. The van der Waals surface area contributed by atoms with Crippen LogP contribution in [-0.2, 0) is 16.0 Å². The highest BCUT2D eigenvalue weighted by molar-refractivity contribution is 9.10. The first kappa shape index (κ1) is 14.5. The molecule has 1 heterocycles. The minimum Gasteiger partial charge on any atom is -0.381 e. The summed E-state index contributed by atoms with van der Waals surface area (Å²) in [5, 5.41) is 2.92. The molecule has 3 N–H and O–H groups in total. The van der Waals surface area contributed by atoms with Gasteiger partial charge in [0.2, 0.25) is 5.91 Å². The summed E-state index contributed by atoms with van der Waals surface area (Å²) in [7, 11) is 0. The summed E-state index contributed by atoms with van der Waals surface area (Å²) in [5.41, 5.74) is 6.55. The second-order valence-corrected chi connectivity index (χ2v) is 5.82. The third-order valence-electron chi connectivity index (χ3n) is 3.45. The van der Waals surface area contributed by atoms with Gasteiger partial charge in [0.05, 0.1) is 5.54 Å². The Morgan fingerprint density at radius 3 is 2.58 bits per heavy atom. The second kappa shape index (κ2) is 6.50. The van der Waals surface area contributed by atoms with Crippen molar-refractivity contribution in [2.75, 3.05) is 19.8 Å². The normalized spacial score (nSPS) is 18.0. The summed E-state index contributed by atoms with van der Waals surface area (Å²) < 4.78 is 6.29. The van der Waals surface area contributed by atoms with Gasteiger partial charge in [-0.15, -0.1) is 0 Å². The van der Waals surface area contributed by atoms with Crippen LogP contribution in [0.3, 0.4) is 0 Å². The minimum atomic E-state index is -0.752. The van der Waals surface area contributed by atoms with Crippen LogP contribution in [0.4, 0.5) is 0 Å². The van der Waals surface area contributed by atoms with Crippen molar-refractivity contribution in [1.29, 1.82) is 0 Å². The van der Waals surface area contributed by atoms with E-state index in [1.165, 1.54) is 5.56 Å². The predicted octanol–water partition coefficient (Wildman–Crippen LogP) is 1.62. The van der Waals surface area contributed by atoms with Crippen LogP contribution >= 0.6 is 15.9 Å². The first-order valence-electron chi connectivity index (χ1n) is 6.49. The van der Waals surface area contributed by atoms with E-state index in [0.29, 0.717) is 32.6 Å². The Balaban J connectivity index is 1.78. The zero-order chi connectivity index (χ0) is 13.7. The lowest BCUT2D eigenvalue weighted by Crippen LogP contribution is -2.57. The molecule has 1 fully saturated rings. The molecule has 0 spiro atoms. The molecule has 104 valence electrons. The molecule has 19 heavy (non-hydrogen) atoms. The van der Waals surface area contributed by atoms with Gasteiger partial charge in [0.15, 0.2) is 0 Å². The summed E-state index contributed by atoms with van der Waals surface area (Å²) in [5.74, 6) is -0.0621. The maximum absolute atomic E-state index is 12.1. The molecule has 0 radical (unpaired) electrons. The highest BCUT2D eigenvalue weighted by Gasteiger charge is 2.35. The number of hydrogen-bond donors (Lipinski definition) is 2. The number of nitrogens with one attached hydrogen (secondary N) is 1. The van der Waals surface area contributed by atoms with E-state index in [4.69, 9.17) is 10.5 Å².